The van der Waals surface area contributed by atoms with E-state index in [1.807, 2.05) is 60.0 Å². The summed E-state index contributed by atoms with van der Waals surface area (Å²) in [5, 5.41) is 0. The molecule has 0 unspecified atom stereocenters. The van der Waals surface area contributed by atoms with Gasteiger partial charge in [-0.05, 0) is 30.7 Å². The number of rotatable bonds is 4. The highest BCUT2D eigenvalue weighted by Crippen LogP contribution is 2.26. The number of hydrogen-bond acceptors (Lipinski definition) is 2. The van der Waals surface area contributed by atoms with Crippen molar-refractivity contribution in [3.63, 3.8) is 0 Å². The maximum absolute atomic E-state index is 11.6. The van der Waals surface area contributed by atoms with Crippen molar-refractivity contribution in [2.24, 2.45) is 5.73 Å². The van der Waals surface area contributed by atoms with Crippen molar-refractivity contribution in [3.05, 3.63) is 71.8 Å². The van der Waals surface area contributed by atoms with Crippen LogP contribution in [0.25, 0.3) is 11.3 Å². The Kier molecular flexibility index (Phi) is 3.36. The number of carbonyl (C=O) groups is 1. The van der Waals surface area contributed by atoms with E-state index in [-0.39, 0.29) is 0 Å². The number of benzene rings is 1. The van der Waals surface area contributed by atoms with Gasteiger partial charge in [-0.25, -0.2) is 0 Å². The third-order valence-corrected chi connectivity index (χ3v) is 3.60. The van der Waals surface area contributed by atoms with Gasteiger partial charge in [-0.3, -0.25) is 4.79 Å². The Labute approximate surface area is 122 Å². The fourth-order valence-corrected chi connectivity index (χ4v) is 2.50. The Balaban J connectivity index is 2.13. The lowest BCUT2D eigenvalue weighted by atomic mass is 10.1. The number of nitrogens with two attached hydrogens (primary N) is 1. The monoisotopic (exact) mass is 280 g/mol. The number of aromatic nitrogens is 1. The molecule has 3 rings (SSSR count). The smallest absolute Gasteiger partial charge is 0.250 e. The minimum atomic E-state index is -0.414. The van der Waals surface area contributed by atoms with E-state index in [0.29, 0.717) is 12.1 Å². The number of primary amides is 1. The van der Waals surface area contributed by atoms with E-state index in [1.165, 1.54) is 0 Å². The fraction of sp³-hybridized carbons (Fsp3) is 0.118. The maximum Gasteiger partial charge on any atom is 0.250 e. The zero-order valence-electron chi connectivity index (χ0n) is 11.7. The molecule has 0 radical (unpaired) electrons. The van der Waals surface area contributed by atoms with E-state index in [9.17, 15) is 4.79 Å². The molecule has 2 aromatic heterocycles. The summed E-state index contributed by atoms with van der Waals surface area (Å²) in [6, 6.07) is 15.5. The molecule has 0 aliphatic rings. The van der Waals surface area contributed by atoms with Gasteiger partial charge in [0.1, 0.15) is 5.76 Å². The molecule has 2 heterocycles. The molecule has 0 saturated heterocycles. The van der Waals surface area contributed by atoms with Crippen LogP contribution in [-0.2, 0) is 6.54 Å². The first-order valence-corrected chi connectivity index (χ1v) is 6.74. The molecule has 3 aromatic rings. The maximum atomic E-state index is 11.6. The van der Waals surface area contributed by atoms with Crippen LogP contribution < -0.4 is 5.73 Å². The number of carbonyl (C=O) groups excluding carboxylic acids is 1. The van der Waals surface area contributed by atoms with Crippen molar-refractivity contribution in [2.75, 3.05) is 0 Å². The quantitative estimate of drug-likeness (QED) is 0.797. The molecule has 0 fully saturated rings. The number of furan rings is 1. The van der Waals surface area contributed by atoms with Crippen molar-refractivity contribution in [1.82, 2.24) is 4.57 Å². The highest BCUT2D eigenvalue weighted by atomic mass is 16.3. The predicted octanol–water partition coefficient (Wildman–Crippen LogP) is 3.20. The minimum absolute atomic E-state index is 0.414. The topological polar surface area (TPSA) is 61.2 Å². The Bertz CT molecular complexity index is 756. The van der Waals surface area contributed by atoms with Gasteiger partial charge in [-0.2, -0.15) is 0 Å². The Morgan fingerprint density at radius 1 is 1.19 bits per heavy atom. The molecule has 21 heavy (non-hydrogen) atoms. The lowest BCUT2D eigenvalue weighted by molar-refractivity contribution is 0.0999. The predicted molar refractivity (Wildman–Crippen MR) is 80.9 cm³/mol. The van der Waals surface area contributed by atoms with Crippen molar-refractivity contribution < 1.29 is 9.21 Å². The van der Waals surface area contributed by atoms with Crippen molar-refractivity contribution >= 4 is 5.91 Å². The number of amides is 1. The molecule has 2 N–H and O–H groups in total. The van der Waals surface area contributed by atoms with Gasteiger partial charge in [-0.1, -0.05) is 30.3 Å². The van der Waals surface area contributed by atoms with Gasteiger partial charge in [0.25, 0.3) is 5.91 Å². The SMILES string of the molecule is Cc1c(C(N)=O)cc(-c2ccccc2)n1Cc1ccco1. The second-order valence-electron chi connectivity index (χ2n) is 4.92. The van der Waals surface area contributed by atoms with Gasteiger partial charge in [0.05, 0.1) is 18.4 Å². The average Bonchev–Trinajstić information content (AvgIpc) is 3.10. The van der Waals surface area contributed by atoms with E-state index in [4.69, 9.17) is 10.2 Å². The molecule has 4 heteroatoms. The summed E-state index contributed by atoms with van der Waals surface area (Å²) in [7, 11) is 0. The van der Waals surface area contributed by atoms with Gasteiger partial charge in [-0.15, -0.1) is 0 Å². The lowest BCUT2D eigenvalue weighted by Gasteiger charge is -2.10. The summed E-state index contributed by atoms with van der Waals surface area (Å²) in [5.74, 6) is 0.421. The number of hydrogen-bond donors (Lipinski definition) is 1. The Morgan fingerprint density at radius 2 is 1.95 bits per heavy atom. The van der Waals surface area contributed by atoms with Crippen molar-refractivity contribution in [2.45, 2.75) is 13.5 Å². The average molecular weight is 280 g/mol. The highest BCUT2D eigenvalue weighted by molar-refractivity contribution is 5.95. The van der Waals surface area contributed by atoms with Crippen LogP contribution >= 0.6 is 0 Å². The van der Waals surface area contributed by atoms with Crippen LogP contribution in [0.3, 0.4) is 0 Å². The largest absolute Gasteiger partial charge is 0.467 e. The van der Waals surface area contributed by atoms with Crippen molar-refractivity contribution in [1.29, 1.82) is 0 Å². The van der Waals surface area contributed by atoms with Crippen LogP contribution in [0.5, 0.6) is 0 Å². The molecule has 0 saturated carbocycles. The molecule has 0 bridgehead atoms. The molecule has 0 aliphatic carbocycles. The fourth-order valence-electron chi connectivity index (χ4n) is 2.50. The van der Waals surface area contributed by atoms with Gasteiger partial charge in [0.15, 0.2) is 0 Å². The second kappa shape index (κ2) is 5.32. The van der Waals surface area contributed by atoms with Crippen LogP contribution in [0.1, 0.15) is 21.8 Å². The highest BCUT2D eigenvalue weighted by Gasteiger charge is 2.17. The van der Waals surface area contributed by atoms with Crippen LogP contribution in [-0.4, -0.2) is 10.5 Å². The number of nitrogens with zero attached hydrogens (tertiary/aromatic N) is 1. The van der Waals surface area contributed by atoms with Crippen LogP contribution in [0.15, 0.2) is 59.2 Å². The van der Waals surface area contributed by atoms with Crippen LogP contribution in [0.4, 0.5) is 0 Å². The second-order valence-corrected chi connectivity index (χ2v) is 4.92. The summed E-state index contributed by atoms with van der Waals surface area (Å²) < 4.78 is 7.47. The summed E-state index contributed by atoms with van der Waals surface area (Å²) in [4.78, 5) is 11.6. The van der Waals surface area contributed by atoms with Gasteiger partial charge in [0.2, 0.25) is 0 Å². The minimum Gasteiger partial charge on any atom is -0.467 e. The van der Waals surface area contributed by atoms with Crippen molar-refractivity contribution in [3.8, 4) is 11.3 Å². The lowest BCUT2D eigenvalue weighted by Crippen LogP contribution is -2.12. The van der Waals surface area contributed by atoms with Gasteiger partial charge in [0, 0.05) is 11.4 Å². The van der Waals surface area contributed by atoms with Gasteiger partial charge >= 0.3 is 0 Å². The van der Waals surface area contributed by atoms with Gasteiger partial charge < -0.3 is 14.7 Å². The van der Waals surface area contributed by atoms with E-state index in [0.717, 1.165) is 22.7 Å². The van der Waals surface area contributed by atoms with E-state index in [2.05, 4.69) is 0 Å². The molecule has 0 spiro atoms. The zero-order chi connectivity index (χ0) is 14.8. The molecular formula is C17H16N2O2. The molecular weight excluding hydrogens is 264 g/mol. The summed E-state index contributed by atoms with van der Waals surface area (Å²) in [6.07, 6.45) is 1.64. The summed E-state index contributed by atoms with van der Waals surface area (Å²) in [6.45, 7) is 2.46. The van der Waals surface area contributed by atoms with E-state index < -0.39 is 5.91 Å². The third kappa shape index (κ3) is 2.48. The van der Waals surface area contributed by atoms with Crippen LogP contribution in [0, 0.1) is 6.92 Å². The first-order chi connectivity index (χ1) is 10.2. The molecule has 1 aromatic carbocycles. The molecule has 4 nitrogen and oxygen atoms in total. The van der Waals surface area contributed by atoms with E-state index >= 15 is 0 Å². The first kappa shape index (κ1) is 13.2. The molecule has 106 valence electrons. The summed E-state index contributed by atoms with van der Waals surface area (Å²) in [5.41, 5.74) is 8.86. The first-order valence-electron chi connectivity index (χ1n) is 6.74. The normalized spacial score (nSPS) is 10.7. The Hall–Kier alpha value is -2.75. The summed E-state index contributed by atoms with van der Waals surface area (Å²) >= 11 is 0. The molecule has 0 aliphatic heterocycles. The molecule has 0 atom stereocenters. The Morgan fingerprint density at radius 3 is 2.57 bits per heavy atom. The standard InChI is InChI=1S/C17H16N2O2/c1-12-15(17(18)20)10-16(13-6-3-2-4-7-13)19(12)11-14-8-5-9-21-14/h2-10H,11H2,1H3,(H2,18,20). The third-order valence-electron chi connectivity index (χ3n) is 3.60. The van der Waals surface area contributed by atoms with Crippen LogP contribution in [0.2, 0.25) is 0 Å². The molecule has 1 amide bonds. The zero-order valence-corrected chi connectivity index (χ0v) is 11.7. The van der Waals surface area contributed by atoms with E-state index in [1.54, 1.807) is 6.26 Å².